The summed E-state index contributed by atoms with van der Waals surface area (Å²) in [6.07, 6.45) is 2.87. The van der Waals surface area contributed by atoms with Gasteiger partial charge in [0.05, 0.1) is 5.92 Å². The molecule has 0 spiro atoms. The predicted octanol–water partition coefficient (Wildman–Crippen LogP) is 6.72. The number of thioether (sulfide) groups is 1. The minimum Gasteiger partial charge on any atom is -0.459 e. The molecule has 0 N–H and O–H groups in total. The Hall–Kier alpha value is -0.180. The molecule has 0 rings (SSSR count). The summed E-state index contributed by atoms with van der Waals surface area (Å²) in [5.41, 5.74) is 0.0840. The largest absolute Gasteiger partial charge is 0.459 e. The van der Waals surface area contributed by atoms with E-state index in [9.17, 15) is 4.79 Å². The molecule has 0 radical (unpaired) electrons. The van der Waals surface area contributed by atoms with Crippen LogP contribution in [0, 0.1) is 16.7 Å². The first kappa shape index (κ1) is 23.8. The summed E-state index contributed by atoms with van der Waals surface area (Å²) in [6.45, 7) is 24.1. The lowest BCUT2D eigenvalue weighted by Crippen LogP contribution is -2.37. The van der Waals surface area contributed by atoms with Crippen LogP contribution in [0.1, 0.15) is 95.4 Å². The highest BCUT2D eigenvalue weighted by Gasteiger charge is 2.34. The van der Waals surface area contributed by atoms with Crippen LogP contribution in [-0.2, 0) is 9.53 Å². The molecule has 0 aromatic rings. The van der Waals surface area contributed by atoms with Crippen molar-refractivity contribution in [3.8, 4) is 0 Å². The van der Waals surface area contributed by atoms with Gasteiger partial charge in [0.2, 0.25) is 0 Å². The molecule has 0 aliphatic carbocycles. The average molecular weight is 359 g/mol. The van der Waals surface area contributed by atoms with Gasteiger partial charge in [-0.1, -0.05) is 69.2 Å². The van der Waals surface area contributed by atoms with Crippen molar-refractivity contribution in [2.24, 2.45) is 16.7 Å². The predicted molar refractivity (Wildman–Crippen MR) is 109 cm³/mol. The fraction of sp³-hybridized carbons (Fsp3) is 0.952. The van der Waals surface area contributed by atoms with Crippen LogP contribution in [0.25, 0.3) is 0 Å². The zero-order valence-electron chi connectivity index (χ0n) is 18.1. The summed E-state index contributed by atoms with van der Waals surface area (Å²) in [5.74, 6) is 0.694. The van der Waals surface area contributed by atoms with Crippen LogP contribution >= 0.6 is 11.8 Å². The zero-order valence-corrected chi connectivity index (χ0v) is 18.9. The summed E-state index contributed by atoms with van der Waals surface area (Å²) in [5, 5.41) is 0. The van der Waals surface area contributed by atoms with E-state index < -0.39 is 0 Å². The number of hydrogen-bond donors (Lipinski definition) is 0. The standard InChI is InChI=1S/C21H42O2S/c1-12-21(11,15-19(6,7)8)23-17(22)16(2)13-24-20(9,10)14-18(3,4)5/h16H,12-15H2,1-11H3. The van der Waals surface area contributed by atoms with Gasteiger partial charge in [0.25, 0.3) is 0 Å². The van der Waals surface area contributed by atoms with Crippen molar-refractivity contribution in [2.75, 3.05) is 5.75 Å². The van der Waals surface area contributed by atoms with Crippen molar-refractivity contribution in [3.63, 3.8) is 0 Å². The van der Waals surface area contributed by atoms with Crippen LogP contribution in [-0.4, -0.2) is 22.1 Å². The average Bonchev–Trinajstić information content (AvgIpc) is 2.30. The van der Waals surface area contributed by atoms with Gasteiger partial charge in [-0.2, -0.15) is 11.8 Å². The molecular formula is C21H42O2S. The van der Waals surface area contributed by atoms with Crippen molar-refractivity contribution < 1.29 is 9.53 Å². The highest BCUT2D eigenvalue weighted by molar-refractivity contribution is 8.00. The summed E-state index contributed by atoms with van der Waals surface area (Å²) < 4.78 is 6.11. The Morgan fingerprint density at radius 3 is 1.75 bits per heavy atom. The summed E-state index contributed by atoms with van der Waals surface area (Å²) in [4.78, 5) is 12.6. The lowest BCUT2D eigenvalue weighted by molar-refractivity contribution is -0.165. The third-order valence-electron chi connectivity index (χ3n) is 4.08. The number of ether oxygens (including phenoxy) is 1. The summed E-state index contributed by atoms with van der Waals surface area (Å²) in [7, 11) is 0. The van der Waals surface area contributed by atoms with Crippen LogP contribution in [0.2, 0.25) is 0 Å². The Morgan fingerprint density at radius 1 is 0.917 bits per heavy atom. The first-order valence-electron chi connectivity index (χ1n) is 9.35. The van der Waals surface area contributed by atoms with Gasteiger partial charge in [-0.3, -0.25) is 4.79 Å². The van der Waals surface area contributed by atoms with E-state index in [2.05, 4.69) is 69.2 Å². The first-order chi connectivity index (χ1) is 10.5. The van der Waals surface area contributed by atoms with E-state index in [1.807, 2.05) is 18.7 Å². The van der Waals surface area contributed by atoms with Crippen LogP contribution in [0.5, 0.6) is 0 Å². The van der Waals surface area contributed by atoms with Gasteiger partial charge in [0, 0.05) is 10.5 Å². The monoisotopic (exact) mass is 358 g/mol. The molecule has 0 aliphatic heterocycles. The summed E-state index contributed by atoms with van der Waals surface area (Å²) >= 11 is 1.89. The molecule has 0 amide bonds. The second kappa shape index (κ2) is 8.47. The van der Waals surface area contributed by atoms with Gasteiger partial charge in [-0.25, -0.2) is 0 Å². The van der Waals surface area contributed by atoms with E-state index in [0.717, 1.165) is 25.0 Å². The molecule has 0 saturated carbocycles. The van der Waals surface area contributed by atoms with Crippen molar-refractivity contribution in [3.05, 3.63) is 0 Å². The third kappa shape index (κ3) is 10.6. The van der Waals surface area contributed by atoms with Gasteiger partial charge in [0.15, 0.2) is 0 Å². The molecule has 0 aromatic heterocycles. The molecule has 0 aromatic carbocycles. The van der Waals surface area contributed by atoms with Crippen LogP contribution in [0.4, 0.5) is 0 Å². The molecule has 2 atom stereocenters. The lowest BCUT2D eigenvalue weighted by atomic mass is 9.81. The Morgan fingerprint density at radius 2 is 1.38 bits per heavy atom. The normalized spacial score (nSPS) is 17.3. The molecule has 0 aliphatic rings. The molecule has 2 nitrogen and oxygen atoms in total. The van der Waals surface area contributed by atoms with Crippen LogP contribution in [0.15, 0.2) is 0 Å². The molecule has 0 bridgehead atoms. The van der Waals surface area contributed by atoms with E-state index in [1.54, 1.807) is 0 Å². The Bertz CT molecular complexity index is 401. The highest BCUT2D eigenvalue weighted by Crippen LogP contribution is 2.38. The molecular weight excluding hydrogens is 316 g/mol. The smallest absolute Gasteiger partial charge is 0.310 e. The second-order valence-electron chi connectivity index (χ2n) is 10.7. The number of hydrogen-bond acceptors (Lipinski definition) is 3. The minimum absolute atomic E-state index is 0.0531. The molecule has 2 unspecified atom stereocenters. The number of rotatable bonds is 8. The van der Waals surface area contributed by atoms with Gasteiger partial charge in [0.1, 0.15) is 5.60 Å². The van der Waals surface area contributed by atoms with E-state index in [-0.39, 0.29) is 27.7 Å². The molecule has 0 saturated heterocycles. The Balaban J connectivity index is 4.66. The lowest BCUT2D eigenvalue weighted by Gasteiger charge is -2.36. The third-order valence-corrected chi connectivity index (χ3v) is 5.67. The highest BCUT2D eigenvalue weighted by atomic mass is 32.2. The Labute approximate surface area is 155 Å². The number of esters is 1. The van der Waals surface area contributed by atoms with Crippen molar-refractivity contribution in [1.29, 1.82) is 0 Å². The maximum atomic E-state index is 12.6. The zero-order chi connectivity index (χ0) is 19.4. The van der Waals surface area contributed by atoms with Crippen molar-refractivity contribution in [2.45, 2.75) is 106 Å². The van der Waals surface area contributed by atoms with Crippen molar-refractivity contribution >= 4 is 17.7 Å². The topological polar surface area (TPSA) is 26.3 Å². The quantitative estimate of drug-likeness (QED) is 0.450. The summed E-state index contributed by atoms with van der Waals surface area (Å²) in [6, 6.07) is 0. The van der Waals surface area contributed by atoms with Crippen LogP contribution < -0.4 is 0 Å². The maximum absolute atomic E-state index is 12.6. The number of carbonyl (C=O) groups excluding carboxylic acids is 1. The van der Waals surface area contributed by atoms with E-state index >= 15 is 0 Å². The van der Waals surface area contributed by atoms with E-state index in [4.69, 9.17) is 4.74 Å². The van der Waals surface area contributed by atoms with Gasteiger partial charge >= 0.3 is 5.97 Å². The fourth-order valence-corrected chi connectivity index (χ4v) is 4.82. The molecule has 0 fully saturated rings. The van der Waals surface area contributed by atoms with Crippen molar-refractivity contribution in [1.82, 2.24) is 0 Å². The minimum atomic E-state index is -0.366. The van der Waals surface area contributed by atoms with Gasteiger partial charge < -0.3 is 4.74 Å². The van der Waals surface area contributed by atoms with Gasteiger partial charge in [-0.15, -0.1) is 0 Å². The number of carbonyl (C=O) groups is 1. The van der Waals surface area contributed by atoms with E-state index in [0.29, 0.717) is 5.41 Å². The van der Waals surface area contributed by atoms with Crippen LogP contribution in [0.3, 0.4) is 0 Å². The molecule has 3 heteroatoms. The molecule has 24 heavy (non-hydrogen) atoms. The second-order valence-corrected chi connectivity index (χ2v) is 12.4. The first-order valence-corrected chi connectivity index (χ1v) is 10.3. The maximum Gasteiger partial charge on any atom is 0.310 e. The SMILES string of the molecule is CCC(C)(CC(C)(C)C)OC(=O)C(C)CSC(C)(C)CC(C)(C)C. The van der Waals surface area contributed by atoms with E-state index in [1.165, 1.54) is 0 Å². The van der Waals surface area contributed by atoms with Gasteiger partial charge in [-0.05, 0) is 37.0 Å². The molecule has 0 heterocycles. The Kier molecular flexibility index (Phi) is 8.40. The fourth-order valence-electron chi connectivity index (χ4n) is 3.45. The molecule has 144 valence electrons.